The minimum absolute atomic E-state index is 0.0349. The van der Waals surface area contributed by atoms with Crippen LogP contribution in [-0.2, 0) is 52.8 Å². The van der Waals surface area contributed by atoms with E-state index in [0.717, 1.165) is 130 Å². The van der Waals surface area contributed by atoms with Crippen LogP contribution in [0.3, 0.4) is 0 Å². The largest absolute Gasteiger partial charge is 0.464 e. The Kier molecular flexibility index (Phi) is 15.0. The number of thiazole rings is 1. The molecule has 1 saturated carbocycles. The number of nitrogens with one attached hydrogen (secondary N) is 3. The quantitative estimate of drug-likeness (QED) is 0.177. The molecule has 1 spiro atoms. The third kappa shape index (κ3) is 10.6. The number of likely N-dealkylation sites (tertiary alicyclic amines) is 2. The number of hydrazine groups is 1. The number of cyclic esters (lactones) is 1. The first-order valence-electron chi connectivity index (χ1n) is 29.4. The van der Waals surface area contributed by atoms with E-state index in [1.54, 1.807) is 7.11 Å². The Labute approximate surface area is 464 Å². The number of aliphatic imine (C=N–C) groups is 1. The van der Waals surface area contributed by atoms with Gasteiger partial charge in [0.1, 0.15) is 18.1 Å². The fourth-order valence-electron chi connectivity index (χ4n) is 14.4. The molecule has 9 atom stereocenters. The van der Waals surface area contributed by atoms with E-state index in [9.17, 15) is 19.2 Å². The van der Waals surface area contributed by atoms with Crippen LogP contribution in [0.25, 0.3) is 27.7 Å². The fourth-order valence-corrected chi connectivity index (χ4v) is 15.2. The Balaban J connectivity index is 0.851. The van der Waals surface area contributed by atoms with Gasteiger partial charge in [-0.1, -0.05) is 33.8 Å². The minimum atomic E-state index is -0.950. The molecule has 6 bridgehead atoms. The van der Waals surface area contributed by atoms with Gasteiger partial charge in [0, 0.05) is 135 Å². The summed E-state index contributed by atoms with van der Waals surface area (Å²) in [6.45, 7) is 22.4. The second-order valence-corrected chi connectivity index (χ2v) is 26.4. The summed E-state index contributed by atoms with van der Waals surface area (Å²) < 4.78 is 20.8. The number of amides is 3. The molecule has 8 aliphatic heterocycles. The normalized spacial score (nSPS) is 31.0. The number of nitrogens with zero attached hydrogens (tertiary/aromatic N) is 8. The Hall–Kier alpha value is -4.60. The van der Waals surface area contributed by atoms with E-state index in [-0.39, 0.29) is 60.3 Å². The second kappa shape index (κ2) is 21.7. The number of ether oxygens (including phenoxy) is 3. The van der Waals surface area contributed by atoms with Gasteiger partial charge < -0.3 is 29.0 Å². The number of rotatable bonds is 11. The average Bonchev–Trinajstić information content (AvgIpc) is 4.44. The lowest BCUT2D eigenvalue weighted by Crippen LogP contribution is -2.62. The van der Waals surface area contributed by atoms with E-state index >= 15 is 0 Å². The molecule has 0 unspecified atom stereocenters. The first-order valence-corrected chi connectivity index (χ1v) is 30.3. The van der Waals surface area contributed by atoms with Gasteiger partial charge in [-0.05, 0) is 101 Å². The summed E-state index contributed by atoms with van der Waals surface area (Å²) in [5.41, 5.74) is 10.0. The number of carbonyl (C=O) groups excluding carboxylic acids is 4. The zero-order valence-electron chi connectivity index (χ0n) is 47.1. The van der Waals surface area contributed by atoms with Crippen molar-refractivity contribution in [3.63, 3.8) is 0 Å². The lowest BCUT2D eigenvalue weighted by molar-refractivity contribution is -0.155. The van der Waals surface area contributed by atoms with Crippen molar-refractivity contribution in [2.45, 2.75) is 154 Å². The summed E-state index contributed by atoms with van der Waals surface area (Å²) >= 11 is 1.49. The molecule has 18 nitrogen and oxygen atoms in total. The standard InChI is InChI=1S/C59H83N11O7S/c1-8-69-47-14-13-38-24-41(47)43(53(69)42-25-39(28-60-49(42)36(4)75-7)66-21-20-65-22-23-76-30-40(65)29-66)27-58(5,6)34-77-57(74)44-10-9-17-70(64-44)55(72)45(26-48-61-46(38)31-78-48)62-54(71)52(35(2)3)67-18-15-59(32-67)16-19-68(33-59)56(73)51-50(63-51)37-11-12-37/h13-14,24,28,31,35-37,39-40,44-45,50-52,63-64H,8-12,15-23,25-27,29-30,32-34H2,1-7H3,(H,62,71)/t36-,39+,40-,44-,45-,50+,51+,52-,59-/m0/s1. The van der Waals surface area contributed by atoms with Crippen molar-refractivity contribution in [1.29, 1.82) is 0 Å². The van der Waals surface area contributed by atoms with Crippen molar-refractivity contribution in [1.82, 2.24) is 50.2 Å². The number of morpholine rings is 1. The maximum Gasteiger partial charge on any atom is 0.324 e. The highest BCUT2D eigenvalue weighted by molar-refractivity contribution is 7.10. The van der Waals surface area contributed by atoms with Crippen LogP contribution < -0.4 is 16.1 Å². The average molecular weight is 1090 g/mol. The molecule has 12 rings (SSSR count). The number of aromatic nitrogens is 2. The number of aryl methyl sites for hydroxylation is 1. The summed E-state index contributed by atoms with van der Waals surface area (Å²) in [7, 11) is 1.75. The van der Waals surface area contributed by atoms with Crippen molar-refractivity contribution >= 4 is 57.7 Å². The van der Waals surface area contributed by atoms with E-state index in [1.807, 2.05) is 0 Å². The van der Waals surface area contributed by atoms with Crippen molar-refractivity contribution in [2.75, 3.05) is 85.8 Å². The van der Waals surface area contributed by atoms with Crippen LogP contribution in [0.5, 0.6) is 0 Å². The third-order valence-electron chi connectivity index (χ3n) is 18.9. The Bertz CT molecular complexity index is 2860. The van der Waals surface area contributed by atoms with Crippen LogP contribution in [-0.4, -0.2) is 198 Å². The van der Waals surface area contributed by atoms with Gasteiger partial charge in [0.15, 0.2) is 0 Å². The molecule has 3 N–H and O–H groups in total. The molecule has 9 aliphatic rings. The third-order valence-corrected chi connectivity index (χ3v) is 19.8. The summed E-state index contributed by atoms with van der Waals surface area (Å²) in [5, 5.41) is 12.2. The molecule has 78 heavy (non-hydrogen) atoms. The topological polar surface area (TPSA) is 188 Å². The lowest BCUT2D eigenvalue weighted by Gasteiger charge is -2.46. The molecule has 6 saturated heterocycles. The van der Waals surface area contributed by atoms with Gasteiger partial charge in [0.05, 0.1) is 54.1 Å². The van der Waals surface area contributed by atoms with Gasteiger partial charge in [-0.25, -0.2) is 10.4 Å². The number of hydrogen-bond acceptors (Lipinski definition) is 15. The van der Waals surface area contributed by atoms with Gasteiger partial charge >= 0.3 is 5.97 Å². The minimum Gasteiger partial charge on any atom is -0.464 e. The Morgan fingerprint density at radius 3 is 2.62 bits per heavy atom. The summed E-state index contributed by atoms with van der Waals surface area (Å²) in [4.78, 5) is 77.7. The van der Waals surface area contributed by atoms with Crippen LogP contribution in [0.15, 0.2) is 34.3 Å². The summed E-state index contributed by atoms with van der Waals surface area (Å²) in [6, 6.07) is 5.24. The molecular weight excluding hydrogens is 1010 g/mol. The van der Waals surface area contributed by atoms with Crippen molar-refractivity contribution in [2.24, 2.45) is 27.7 Å². The summed E-state index contributed by atoms with van der Waals surface area (Å²) in [5.74, 6) is -0.0522. The van der Waals surface area contributed by atoms with Crippen LogP contribution in [0, 0.1) is 22.7 Å². The van der Waals surface area contributed by atoms with Gasteiger partial charge in [-0.3, -0.25) is 49.2 Å². The maximum absolute atomic E-state index is 14.9. The highest BCUT2D eigenvalue weighted by Crippen LogP contribution is 2.45. The fraction of sp³-hybridized carbons (Fsp3) is 0.695. The molecular formula is C59H83N11O7S. The molecule has 422 valence electrons. The maximum atomic E-state index is 14.9. The number of carbonyl (C=O) groups is 4. The number of benzene rings is 1. The number of methoxy groups -OCH3 is 1. The monoisotopic (exact) mass is 1090 g/mol. The predicted molar refractivity (Wildman–Crippen MR) is 301 cm³/mol. The molecule has 7 fully saturated rings. The molecule has 2 aromatic heterocycles. The number of esters is 1. The van der Waals surface area contributed by atoms with Crippen LogP contribution in [0.4, 0.5) is 0 Å². The van der Waals surface area contributed by atoms with Gasteiger partial charge in [-0.15, -0.1) is 11.3 Å². The Morgan fingerprint density at radius 2 is 1.82 bits per heavy atom. The zero-order valence-corrected chi connectivity index (χ0v) is 47.9. The number of fused-ring (bicyclic) bond motifs is 7. The molecule has 3 aromatic rings. The number of hydrogen-bond donors (Lipinski definition) is 3. The van der Waals surface area contributed by atoms with Crippen molar-refractivity contribution in [3.8, 4) is 11.3 Å². The molecule has 19 heteroatoms. The lowest BCUT2D eigenvalue weighted by atomic mass is 9.83. The van der Waals surface area contributed by atoms with E-state index in [4.69, 9.17) is 24.2 Å². The second-order valence-electron chi connectivity index (χ2n) is 25.4. The van der Waals surface area contributed by atoms with E-state index < -0.39 is 29.5 Å². The van der Waals surface area contributed by atoms with Gasteiger partial charge in [-0.2, -0.15) is 0 Å². The van der Waals surface area contributed by atoms with Gasteiger partial charge in [0.25, 0.3) is 5.91 Å². The SMILES string of the molecule is CCn1c(C2=C([C@H](C)OC)N=C[C@H](N3CCN4CCOC[C@@H]4C3)C2)c2c3cc(ccc31)-c1csc(n1)C[C@H](NC(=O)[C@H](C(C)C)N1CC[C@]3(CCN(C(=O)[C@@H]4N[C@@H]4C4CC4)C3)C1)C(=O)N1CCC[C@H](N1)C(=O)OCC(C)(C)C2. The Morgan fingerprint density at radius 1 is 1.00 bits per heavy atom. The van der Waals surface area contributed by atoms with E-state index in [2.05, 4.69) is 112 Å². The zero-order chi connectivity index (χ0) is 54.2. The van der Waals surface area contributed by atoms with Crippen LogP contribution in [0.1, 0.15) is 103 Å². The molecule has 3 amide bonds. The summed E-state index contributed by atoms with van der Waals surface area (Å²) in [6.07, 6.45) is 8.86. The van der Waals surface area contributed by atoms with Gasteiger partial charge in [0.2, 0.25) is 11.8 Å². The molecule has 1 aromatic carbocycles. The van der Waals surface area contributed by atoms with Crippen molar-refractivity contribution in [3.05, 3.63) is 45.5 Å². The predicted octanol–water partition coefficient (Wildman–Crippen LogP) is 4.74. The molecule has 10 heterocycles. The van der Waals surface area contributed by atoms with Crippen LogP contribution >= 0.6 is 11.3 Å². The first-order chi connectivity index (χ1) is 37.6. The van der Waals surface area contributed by atoms with E-state index in [0.29, 0.717) is 43.8 Å². The number of piperazine rings is 1. The highest BCUT2D eigenvalue weighted by Gasteiger charge is 2.55. The highest BCUT2D eigenvalue weighted by atomic mass is 32.1. The first kappa shape index (κ1) is 54.0. The molecule has 1 aliphatic carbocycles. The van der Waals surface area contributed by atoms with Crippen molar-refractivity contribution < 1.29 is 33.4 Å². The van der Waals surface area contributed by atoms with Crippen LogP contribution in [0.2, 0.25) is 0 Å². The molecule has 0 radical (unpaired) electrons. The smallest absolute Gasteiger partial charge is 0.324 e. The van der Waals surface area contributed by atoms with E-state index in [1.165, 1.54) is 40.3 Å².